The van der Waals surface area contributed by atoms with Crippen LogP contribution in [0.2, 0.25) is 5.02 Å². The Morgan fingerprint density at radius 1 is 1.50 bits per heavy atom. The van der Waals surface area contributed by atoms with E-state index >= 15 is 0 Å². The van der Waals surface area contributed by atoms with Gasteiger partial charge >= 0.3 is 12.0 Å². The largest absolute Gasteiger partial charge is 0.497 e. The lowest BCUT2D eigenvalue weighted by atomic mass is 10.2. The molecule has 0 bridgehead atoms. The van der Waals surface area contributed by atoms with Crippen molar-refractivity contribution in [2.45, 2.75) is 18.9 Å². The van der Waals surface area contributed by atoms with E-state index in [2.05, 4.69) is 5.32 Å². The number of carboxylic acids is 1. The van der Waals surface area contributed by atoms with Gasteiger partial charge in [0.15, 0.2) is 0 Å². The van der Waals surface area contributed by atoms with Crippen LogP contribution in [0.25, 0.3) is 0 Å². The first kappa shape index (κ1) is 14.5. The number of hydrogen-bond donors (Lipinski definition) is 2. The summed E-state index contributed by atoms with van der Waals surface area (Å²) in [4.78, 5) is 24.5. The van der Waals surface area contributed by atoms with Gasteiger partial charge in [-0.2, -0.15) is 0 Å². The van der Waals surface area contributed by atoms with Gasteiger partial charge in [-0.25, -0.2) is 9.59 Å². The molecule has 0 aromatic heterocycles. The van der Waals surface area contributed by atoms with Crippen LogP contribution < -0.4 is 10.1 Å². The van der Waals surface area contributed by atoms with Gasteiger partial charge in [0, 0.05) is 12.6 Å². The zero-order valence-corrected chi connectivity index (χ0v) is 11.7. The molecule has 1 aliphatic heterocycles. The number of benzene rings is 1. The number of likely N-dealkylation sites (tertiary alicyclic amines) is 1. The van der Waals surface area contributed by atoms with Crippen molar-refractivity contribution in [3.63, 3.8) is 0 Å². The van der Waals surface area contributed by atoms with Crippen molar-refractivity contribution in [1.29, 1.82) is 0 Å². The topological polar surface area (TPSA) is 78.9 Å². The predicted molar refractivity (Wildman–Crippen MR) is 74.4 cm³/mol. The molecule has 1 aromatic rings. The average molecular weight is 299 g/mol. The Morgan fingerprint density at radius 2 is 2.25 bits per heavy atom. The Kier molecular flexibility index (Phi) is 4.34. The third kappa shape index (κ3) is 2.96. The Labute approximate surface area is 121 Å². The molecule has 2 rings (SSSR count). The number of halogens is 1. The standard InChI is InChI=1S/C13H15ClN2O4/c1-20-8-4-5-9(14)10(7-8)15-13(19)16-6-2-3-11(16)12(17)18/h4-5,7,11H,2-3,6H2,1H3,(H,15,19)(H,17,18)/t11-/m0/s1. The fourth-order valence-electron chi connectivity index (χ4n) is 2.18. The van der Waals surface area contributed by atoms with Crippen LogP contribution in [-0.4, -0.2) is 41.7 Å². The SMILES string of the molecule is COc1ccc(Cl)c(NC(=O)N2CCC[C@H]2C(=O)O)c1. The molecule has 2 N–H and O–H groups in total. The van der Waals surface area contributed by atoms with Crippen LogP contribution in [-0.2, 0) is 4.79 Å². The van der Waals surface area contributed by atoms with Gasteiger partial charge in [0.05, 0.1) is 17.8 Å². The number of urea groups is 1. The molecule has 20 heavy (non-hydrogen) atoms. The van der Waals surface area contributed by atoms with Crippen molar-refractivity contribution in [3.05, 3.63) is 23.2 Å². The number of hydrogen-bond acceptors (Lipinski definition) is 3. The smallest absolute Gasteiger partial charge is 0.326 e. The van der Waals surface area contributed by atoms with E-state index < -0.39 is 18.0 Å². The minimum atomic E-state index is -0.991. The van der Waals surface area contributed by atoms with E-state index in [1.54, 1.807) is 18.2 Å². The second-order valence-corrected chi connectivity index (χ2v) is 4.87. The summed E-state index contributed by atoms with van der Waals surface area (Å²) in [5, 5.41) is 12.1. The number of ether oxygens (including phenoxy) is 1. The highest BCUT2D eigenvalue weighted by Crippen LogP contribution is 2.28. The molecule has 0 saturated carbocycles. The summed E-state index contributed by atoms with van der Waals surface area (Å²) in [5.74, 6) is -0.435. The quantitative estimate of drug-likeness (QED) is 0.898. The van der Waals surface area contributed by atoms with Gasteiger partial charge < -0.3 is 20.1 Å². The van der Waals surface area contributed by atoms with Gasteiger partial charge in [-0.15, -0.1) is 0 Å². The molecule has 2 amide bonds. The van der Waals surface area contributed by atoms with E-state index in [9.17, 15) is 9.59 Å². The molecule has 1 atom stereocenters. The number of amides is 2. The Morgan fingerprint density at radius 3 is 2.90 bits per heavy atom. The molecule has 1 aromatic carbocycles. The van der Waals surface area contributed by atoms with Crippen LogP contribution in [0, 0.1) is 0 Å². The van der Waals surface area contributed by atoms with Crippen molar-refractivity contribution < 1.29 is 19.4 Å². The summed E-state index contributed by atoms with van der Waals surface area (Å²) in [6.45, 7) is 0.421. The maximum atomic E-state index is 12.1. The normalized spacial score (nSPS) is 17.9. The number of aliphatic carboxylic acids is 1. The molecular weight excluding hydrogens is 284 g/mol. The molecule has 1 saturated heterocycles. The van der Waals surface area contributed by atoms with Crippen molar-refractivity contribution in [2.24, 2.45) is 0 Å². The molecule has 108 valence electrons. The molecule has 6 nitrogen and oxygen atoms in total. The molecule has 0 radical (unpaired) electrons. The minimum Gasteiger partial charge on any atom is -0.497 e. The number of carboxylic acid groups (broad SMARTS) is 1. The van der Waals surface area contributed by atoms with E-state index in [1.807, 2.05) is 0 Å². The lowest BCUT2D eigenvalue weighted by Crippen LogP contribution is -2.42. The number of anilines is 1. The molecular formula is C13H15ClN2O4. The Hall–Kier alpha value is -1.95. The first-order valence-corrected chi connectivity index (χ1v) is 6.54. The molecule has 7 heteroatoms. The number of carbonyl (C=O) groups is 2. The molecule has 0 unspecified atom stereocenters. The van der Waals surface area contributed by atoms with Gasteiger partial charge in [-0.1, -0.05) is 11.6 Å². The number of nitrogens with one attached hydrogen (secondary N) is 1. The molecule has 1 fully saturated rings. The summed E-state index contributed by atoms with van der Waals surface area (Å²) in [5.41, 5.74) is 0.395. The number of rotatable bonds is 3. The highest BCUT2D eigenvalue weighted by Gasteiger charge is 2.34. The van der Waals surface area contributed by atoms with Gasteiger partial charge in [-0.05, 0) is 25.0 Å². The molecule has 1 aliphatic rings. The van der Waals surface area contributed by atoms with Crippen LogP contribution in [0.4, 0.5) is 10.5 Å². The highest BCUT2D eigenvalue weighted by molar-refractivity contribution is 6.33. The summed E-state index contributed by atoms with van der Waals surface area (Å²) in [6.07, 6.45) is 1.14. The fraction of sp³-hybridized carbons (Fsp3) is 0.385. The lowest BCUT2D eigenvalue weighted by molar-refractivity contribution is -0.141. The van der Waals surface area contributed by atoms with Gasteiger partial charge in [0.25, 0.3) is 0 Å². The second-order valence-electron chi connectivity index (χ2n) is 4.47. The molecule has 0 aliphatic carbocycles. The maximum Gasteiger partial charge on any atom is 0.326 e. The fourth-order valence-corrected chi connectivity index (χ4v) is 2.35. The van der Waals surface area contributed by atoms with Crippen molar-refractivity contribution in [1.82, 2.24) is 4.90 Å². The minimum absolute atomic E-state index is 0.366. The van der Waals surface area contributed by atoms with Crippen molar-refractivity contribution in [3.8, 4) is 5.75 Å². The van der Waals surface area contributed by atoms with Crippen LogP contribution in [0.15, 0.2) is 18.2 Å². The van der Waals surface area contributed by atoms with E-state index in [-0.39, 0.29) is 0 Å². The zero-order valence-electron chi connectivity index (χ0n) is 10.9. The van der Waals surface area contributed by atoms with Crippen LogP contribution in [0.3, 0.4) is 0 Å². The summed E-state index contributed by atoms with van der Waals surface area (Å²) >= 11 is 6.00. The van der Waals surface area contributed by atoms with E-state index in [0.717, 1.165) is 0 Å². The first-order chi connectivity index (χ1) is 9.52. The average Bonchev–Trinajstić information content (AvgIpc) is 2.90. The zero-order chi connectivity index (χ0) is 14.7. The maximum absolute atomic E-state index is 12.1. The van der Waals surface area contributed by atoms with Crippen molar-refractivity contribution in [2.75, 3.05) is 19.0 Å². The molecule has 1 heterocycles. The third-order valence-corrected chi connectivity index (χ3v) is 3.54. The van der Waals surface area contributed by atoms with E-state index in [1.165, 1.54) is 12.0 Å². The van der Waals surface area contributed by atoms with Gasteiger partial charge in [0.2, 0.25) is 0 Å². The number of methoxy groups -OCH3 is 1. The summed E-state index contributed by atoms with van der Waals surface area (Å²) in [6, 6.07) is 3.62. The third-order valence-electron chi connectivity index (χ3n) is 3.21. The monoisotopic (exact) mass is 298 g/mol. The number of carbonyl (C=O) groups excluding carboxylic acids is 1. The number of nitrogens with zero attached hydrogens (tertiary/aromatic N) is 1. The van der Waals surface area contributed by atoms with Gasteiger partial charge in [-0.3, -0.25) is 0 Å². The van der Waals surface area contributed by atoms with Gasteiger partial charge in [0.1, 0.15) is 11.8 Å². The van der Waals surface area contributed by atoms with Crippen molar-refractivity contribution >= 4 is 29.3 Å². The van der Waals surface area contributed by atoms with E-state index in [4.69, 9.17) is 21.4 Å². The first-order valence-electron chi connectivity index (χ1n) is 6.17. The van der Waals surface area contributed by atoms with Crippen LogP contribution >= 0.6 is 11.6 Å². The lowest BCUT2D eigenvalue weighted by Gasteiger charge is -2.22. The highest BCUT2D eigenvalue weighted by atomic mass is 35.5. The second kappa shape index (κ2) is 6.00. The summed E-state index contributed by atoms with van der Waals surface area (Å²) < 4.78 is 5.06. The van der Waals surface area contributed by atoms with Crippen LogP contribution in [0.1, 0.15) is 12.8 Å². The molecule has 0 spiro atoms. The summed E-state index contributed by atoms with van der Waals surface area (Å²) in [7, 11) is 1.51. The predicted octanol–water partition coefficient (Wildman–Crippen LogP) is 2.43. The Balaban J connectivity index is 2.13. The Bertz CT molecular complexity index is 535. The van der Waals surface area contributed by atoms with E-state index in [0.29, 0.717) is 35.8 Å². The van der Waals surface area contributed by atoms with Crippen LogP contribution in [0.5, 0.6) is 5.75 Å².